The lowest BCUT2D eigenvalue weighted by molar-refractivity contribution is -0.137. The van der Waals surface area contributed by atoms with Crippen LogP contribution in [0.4, 0.5) is 10.1 Å². The fraction of sp³-hybridized carbons (Fsp3) is 0.371. The first-order valence-electron chi connectivity index (χ1n) is 17.2. The van der Waals surface area contributed by atoms with Gasteiger partial charge < -0.3 is 29.7 Å². The van der Waals surface area contributed by atoms with Gasteiger partial charge in [-0.1, -0.05) is 12.1 Å². The van der Waals surface area contributed by atoms with Crippen molar-refractivity contribution < 1.29 is 56.2 Å². The maximum atomic E-state index is 15.5. The average Bonchev–Trinajstić information content (AvgIpc) is 3.62. The summed E-state index contributed by atoms with van der Waals surface area (Å²) in [6, 6.07) is 9.65. The summed E-state index contributed by atoms with van der Waals surface area (Å²) in [5, 5.41) is 15.6. The molecular formula is C35H35FN6O11S. The summed E-state index contributed by atoms with van der Waals surface area (Å²) in [7, 11) is -4.37. The smallest absolute Gasteiger partial charge is 0.326 e. The van der Waals surface area contributed by atoms with Crippen molar-refractivity contribution >= 4 is 62.1 Å². The number of halogens is 1. The molecule has 0 bridgehead atoms. The highest BCUT2D eigenvalue weighted by atomic mass is 32.2. The number of benzene rings is 3. The lowest BCUT2D eigenvalue weighted by atomic mass is 9.96. The highest BCUT2D eigenvalue weighted by Crippen LogP contribution is 2.39. The van der Waals surface area contributed by atoms with Crippen LogP contribution in [0.1, 0.15) is 41.6 Å². The minimum atomic E-state index is -4.37. The second-order valence-corrected chi connectivity index (χ2v) is 14.8. The van der Waals surface area contributed by atoms with Gasteiger partial charge in [0.15, 0.2) is 12.4 Å². The number of imide groups is 1. The second-order valence-electron chi connectivity index (χ2n) is 13.2. The van der Waals surface area contributed by atoms with E-state index in [9.17, 15) is 42.3 Å². The Morgan fingerprint density at radius 2 is 1.76 bits per heavy atom. The third kappa shape index (κ3) is 7.05. The fourth-order valence-electron chi connectivity index (χ4n) is 7.08. The van der Waals surface area contributed by atoms with E-state index in [0.29, 0.717) is 47.1 Å². The van der Waals surface area contributed by atoms with E-state index in [2.05, 4.69) is 10.6 Å². The first-order valence-corrected chi connectivity index (χ1v) is 18.6. The van der Waals surface area contributed by atoms with Gasteiger partial charge in [-0.05, 0) is 55.0 Å². The van der Waals surface area contributed by atoms with Gasteiger partial charge in [-0.15, -0.1) is 0 Å². The van der Waals surface area contributed by atoms with Crippen LogP contribution in [0.3, 0.4) is 0 Å². The number of anilines is 1. The summed E-state index contributed by atoms with van der Waals surface area (Å²) in [4.78, 5) is 77.6. The zero-order chi connectivity index (χ0) is 38.3. The summed E-state index contributed by atoms with van der Waals surface area (Å²) in [5.74, 6) is -4.10. The van der Waals surface area contributed by atoms with Gasteiger partial charge in [0.2, 0.25) is 17.7 Å². The van der Waals surface area contributed by atoms with Crippen molar-refractivity contribution in [3.63, 3.8) is 0 Å². The number of nitrogens with zero attached hydrogens (tertiary/aromatic N) is 3. The largest absolute Gasteiger partial charge is 0.506 e. The number of aromatic hydroxyl groups is 1. The molecule has 284 valence electrons. The molecule has 3 aromatic carbocycles. The Bertz CT molecular complexity index is 2210. The maximum Gasteiger partial charge on any atom is 0.326 e. The van der Waals surface area contributed by atoms with Gasteiger partial charge in [0.05, 0.1) is 13.1 Å². The number of rotatable bonds is 10. The Labute approximate surface area is 307 Å². The van der Waals surface area contributed by atoms with Crippen LogP contribution in [0.25, 0.3) is 10.8 Å². The molecule has 3 saturated heterocycles. The van der Waals surface area contributed by atoms with Crippen molar-refractivity contribution in [2.75, 3.05) is 43.7 Å². The molecule has 1 atom stereocenters. The third-order valence-corrected chi connectivity index (χ3v) is 11.2. The minimum absolute atomic E-state index is 0.0253. The first kappa shape index (κ1) is 36.4. The Morgan fingerprint density at radius 3 is 2.48 bits per heavy atom. The van der Waals surface area contributed by atoms with Gasteiger partial charge >= 0.3 is 10.2 Å². The molecule has 0 spiro atoms. The number of hydrogen-bond acceptors (Lipinski definition) is 11. The van der Waals surface area contributed by atoms with Crippen molar-refractivity contribution in [2.45, 2.75) is 38.3 Å². The Hall–Kier alpha value is -5.98. The van der Waals surface area contributed by atoms with E-state index >= 15 is 4.39 Å². The lowest BCUT2D eigenvalue weighted by Crippen LogP contribution is -2.52. The van der Waals surface area contributed by atoms with Crippen molar-refractivity contribution in [3.8, 4) is 17.2 Å². The third-order valence-electron chi connectivity index (χ3n) is 9.85. The van der Waals surface area contributed by atoms with E-state index in [1.165, 1.54) is 29.2 Å². The highest BCUT2D eigenvalue weighted by molar-refractivity contribution is 7.92. The molecule has 0 radical (unpaired) electrons. The van der Waals surface area contributed by atoms with Crippen molar-refractivity contribution in [3.05, 3.63) is 59.4 Å². The SMILES string of the molecule is O=C1CCC(N2Cc3c(OCC(=O)N4CCC(C(=O)NCCOc5ccc6cc(O)c(N7CC(=O)NS7(=O)=O)c(F)c6c5)CC4)cccc3C2=O)C(=O)N1. The lowest BCUT2D eigenvalue weighted by Gasteiger charge is -2.31. The number of amides is 6. The van der Waals surface area contributed by atoms with E-state index in [4.69, 9.17) is 9.47 Å². The van der Waals surface area contributed by atoms with Crippen LogP contribution in [-0.4, -0.2) is 104 Å². The molecule has 0 saturated carbocycles. The Kier molecular flexibility index (Phi) is 9.73. The van der Waals surface area contributed by atoms with Crippen molar-refractivity contribution in [1.29, 1.82) is 0 Å². The summed E-state index contributed by atoms with van der Waals surface area (Å²) < 4.78 is 53.7. The van der Waals surface area contributed by atoms with Gasteiger partial charge in [0, 0.05) is 41.9 Å². The zero-order valence-electron chi connectivity index (χ0n) is 28.6. The molecule has 3 fully saturated rings. The molecule has 1 unspecified atom stereocenters. The molecule has 3 aromatic rings. The molecule has 17 nitrogen and oxygen atoms in total. The topological polar surface area (TPSA) is 221 Å². The number of piperidine rings is 2. The number of fused-ring (bicyclic) bond motifs is 2. The van der Waals surface area contributed by atoms with Gasteiger partial charge in [0.1, 0.15) is 42.1 Å². The van der Waals surface area contributed by atoms with Gasteiger partial charge in [-0.2, -0.15) is 8.42 Å². The molecule has 0 aliphatic carbocycles. The van der Waals surface area contributed by atoms with Gasteiger partial charge in [0.25, 0.3) is 17.7 Å². The second kappa shape index (κ2) is 14.4. The molecule has 7 rings (SSSR count). The van der Waals surface area contributed by atoms with Crippen molar-refractivity contribution in [1.82, 2.24) is 25.2 Å². The number of carbonyl (C=O) groups is 6. The standard InChI is InChI=1S/C35H35FN6O11S/c36-31-23-15-21(5-4-20(23)14-26(43)32(31)42-17-29(45)39-54(42,50)51)52-13-10-37-33(47)19-8-11-40(12-9-19)30(46)18-53-27-3-1-2-22-24(27)16-41(35(22)49)25-6-7-28(44)38-34(25)48/h1-5,14-15,19,25,43H,6-13,16-18H2,(H,37,47)(H,39,45)(H,38,44,48). The number of likely N-dealkylation sites (tertiary alicyclic amines) is 1. The van der Waals surface area contributed by atoms with E-state index in [-0.39, 0.29) is 85.2 Å². The van der Waals surface area contributed by atoms with E-state index in [0.717, 1.165) is 0 Å². The van der Waals surface area contributed by atoms with Crippen molar-refractivity contribution in [2.24, 2.45) is 5.92 Å². The number of ether oxygens (including phenoxy) is 2. The van der Waals surface area contributed by atoms with Crippen LogP contribution in [0.15, 0.2) is 42.5 Å². The molecule has 54 heavy (non-hydrogen) atoms. The summed E-state index contributed by atoms with van der Waals surface area (Å²) in [5.41, 5.74) is 0.272. The zero-order valence-corrected chi connectivity index (χ0v) is 29.4. The first-order chi connectivity index (χ1) is 25.8. The number of phenols is 1. The quantitative estimate of drug-likeness (QED) is 0.164. The predicted molar refractivity (Wildman–Crippen MR) is 186 cm³/mol. The van der Waals surface area contributed by atoms with Crippen LogP contribution >= 0.6 is 0 Å². The van der Waals surface area contributed by atoms with Crippen LogP contribution in [0, 0.1) is 11.7 Å². The molecule has 6 amide bonds. The summed E-state index contributed by atoms with van der Waals surface area (Å²) in [6.07, 6.45) is 1.20. The van der Waals surface area contributed by atoms with E-state index in [1.54, 1.807) is 27.8 Å². The number of hydrogen-bond donors (Lipinski definition) is 4. The summed E-state index contributed by atoms with van der Waals surface area (Å²) >= 11 is 0. The number of phenolic OH excluding ortho intramolecular Hbond substituents is 1. The van der Waals surface area contributed by atoms with Crippen LogP contribution in [0.5, 0.6) is 17.2 Å². The van der Waals surface area contributed by atoms with E-state index < -0.39 is 51.9 Å². The Balaban J connectivity index is 0.866. The molecule has 4 heterocycles. The Morgan fingerprint density at radius 1 is 0.981 bits per heavy atom. The molecule has 4 aliphatic rings. The van der Waals surface area contributed by atoms with Crippen LogP contribution in [0.2, 0.25) is 0 Å². The van der Waals surface area contributed by atoms with Crippen LogP contribution < -0.4 is 29.1 Å². The molecule has 4 aliphatic heterocycles. The van der Waals surface area contributed by atoms with Gasteiger partial charge in [-0.25, -0.2) is 13.4 Å². The predicted octanol–water partition coefficient (Wildman–Crippen LogP) is 0.439. The average molecular weight is 767 g/mol. The monoisotopic (exact) mass is 766 g/mol. The summed E-state index contributed by atoms with van der Waals surface area (Å²) in [6.45, 7) is -0.0579. The molecular weight excluding hydrogens is 731 g/mol. The number of carbonyl (C=O) groups excluding carboxylic acids is 6. The van der Waals surface area contributed by atoms with Crippen LogP contribution in [-0.2, 0) is 40.7 Å². The number of nitrogens with one attached hydrogen (secondary N) is 3. The molecule has 0 aromatic heterocycles. The maximum absolute atomic E-state index is 15.5. The molecule has 4 N–H and O–H groups in total. The highest BCUT2D eigenvalue weighted by Gasteiger charge is 2.41. The molecule has 19 heteroatoms. The minimum Gasteiger partial charge on any atom is -0.506 e. The normalized spacial score (nSPS) is 19.8. The van der Waals surface area contributed by atoms with Gasteiger partial charge in [-0.3, -0.25) is 34.1 Å². The fourth-order valence-corrected chi connectivity index (χ4v) is 8.25. The van der Waals surface area contributed by atoms with E-state index in [1.807, 2.05) is 0 Å².